The Balaban J connectivity index is 1.86. The molecule has 2 aromatic rings. The Morgan fingerprint density at radius 3 is 2.46 bits per heavy atom. The molecule has 3 rings (SSSR count). The second-order valence-corrected chi connectivity index (χ2v) is 9.77. The zero-order valence-corrected chi connectivity index (χ0v) is 21.3. The molecule has 35 heavy (non-hydrogen) atoms. The van der Waals surface area contributed by atoms with Crippen molar-refractivity contribution in [2.24, 2.45) is 5.92 Å². The van der Waals surface area contributed by atoms with E-state index in [9.17, 15) is 14.7 Å². The molecule has 0 unspecified atom stereocenters. The van der Waals surface area contributed by atoms with Gasteiger partial charge in [0, 0.05) is 50.9 Å². The Labute approximate surface area is 207 Å². The van der Waals surface area contributed by atoms with E-state index in [1.54, 1.807) is 17.0 Å². The van der Waals surface area contributed by atoms with Crippen LogP contribution in [0.1, 0.15) is 35.3 Å². The van der Waals surface area contributed by atoms with E-state index in [1.165, 1.54) is 0 Å². The molecule has 2 N–H and O–H groups in total. The van der Waals surface area contributed by atoms with Gasteiger partial charge in [-0.1, -0.05) is 19.1 Å². The second-order valence-electron chi connectivity index (χ2n) is 9.77. The normalized spacial score (nSPS) is 19.3. The number of carboxylic acids is 1. The van der Waals surface area contributed by atoms with Crippen molar-refractivity contribution in [2.45, 2.75) is 39.0 Å². The quantitative estimate of drug-likeness (QED) is 0.596. The Hall–Kier alpha value is -3.10. The van der Waals surface area contributed by atoms with Gasteiger partial charge in [0.05, 0.1) is 24.6 Å². The first-order valence-corrected chi connectivity index (χ1v) is 12.0. The Bertz CT molecular complexity index is 1020. The first-order valence-electron chi connectivity index (χ1n) is 12.0. The van der Waals surface area contributed by atoms with Gasteiger partial charge in [-0.25, -0.2) is 4.79 Å². The van der Waals surface area contributed by atoms with Gasteiger partial charge in [-0.2, -0.15) is 0 Å². The fourth-order valence-corrected chi connectivity index (χ4v) is 4.35. The van der Waals surface area contributed by atoms with E-state index in [0.717, 1.165) is 16.8 Å². The van der Waals surface area contributed by atoms with Crippen LogP contribution < -0.4 is 9.64 Å². The summed E-state index contributed by atoms with van der Waals surface area (Å²) in [7, 11) is 5.92. The molecule has 2 aromatic carbocycles. The number of hydrogen-bond donors (Lipinski definition) is 2. The van der Waals surface area contributed by atoms with Gasteiger partial charge in [-0.15, -0.1) is 0 Å². The second kappa shape index (κ2) is 11.6. The monoisotopic (exact) mass is 483 g/mol. The molecule has 0 bridgehead atoms. The number of rotatable bonds is 8. The minimum absolute atomic E-state index is 0.0178. The van der Waals surface area contributed by atoms with Crippen molar-refractivity contribution in [3.8, 4) is 5.75 Å². The van der Waals surface area contributed by atoms with Gasteiger partial charge in [0.1, 0.15) is 11.9 Å². The van der Waals surface area contributed by atoms with E-state index < -0.39 is 5.97 Å². The predicted molar refractivity (Wildman–Crippen MR) is 136 cm³/mol. The average molecular weight is 484 g/mol. The number of ether oxygens (including phenoxy) is 1. The molecule has 190 valence electrons. The highest BCUT2D eigenvalue weighted by Gasteiger charge is 2.31. The van der Waals surface area contributed by atoms with Gasteiger partial charge in [0.25, 0.3) is 0 Å². The SMILES string of the molecule is C[C@@H]1CN([C@@H](C)CO)C(=O)Cc2cc(N(C)C)ccc2O[C@H]1CN(C)Cc1ccc(C(=O)O)cc1. The van der Waals surface area contributed by atoms with Gasteiger partial charge < -0.3 is 24.7 Å². The number of hydrogen-bond acceptors (Lipinski definition) is 6. The summed E-state index contributed by atoms with van der Waals surface area (Å²) in [5.74, 6) is -0.237. The Morgan fingerprint density at radius 1 is 1.17 bits per heavy atom. The number of fused-ring (bicyclic) bond motifs is 1. The van der Waals surface area contributed by atoms with Crippen LogP contribution in [-0.2, 0) is 17.8 Å². The van der Waals surface area contributed by atoms with Crippen LogP contribution >= 0.6 is 0 Å². The highest BCUT2D eigenvalue weighted by atomic mass is 16.5. The van der Waals surface area contributed by atoms with Crippen molar-refractivity contribution in [2.75, 3.05) is 45.7 Å². The zero-order valence-electron chi connectivity index (χ0n) is 21.3. The molecule has 0 spiro atoms. The number of amides is 1. The first kappa shape index (κ1) is 26.5. The summed E-state index contributed by atoms with van der Waals surface area (Å²) >= 11 is 0. The number of anilines is 1. The fourth-order valence-electron chi connectivity index (χ4n) is 4.35. The minimum atomic E-state index is -0.940. The molecule has 1 aliphatic rings. The lowest BCUT2D eigenvalue weighted by Crippen LogP contribution is -2.47. The van der Waals surface area contributed by atoms with Gasteiger partial charge in [-0.05, 0) is 49.9 Å². The highest BCUT2D eigenvalue weighted by molar-refractivity contribution is 5.87. The number of carbonyl (C=O) groups is 2. The number of benzene rings is 2. The van der Waals surface area contributed by atoms with Crippen molar-refractivity contribution in [3.05, 3.63) is 59.2 Å². The number of aromatic carboxylic acids is 1. The van der Waals surface area contributed by atoms with Gasteiger partial charge in [-0.3, -0.25) is 9.69 Å². The molecule has 1 aliphatic heterocycles. The van der Waals surface area contributed by atoms with Gasteiger partial charge in [0.2, 0.25) is 5.91 Å². The van der Waals surface area contributed by atoms with E-state index in [2.05, 4.69) is 11.8 Å². The maximum atomic E-state index is 13.2. The average Bonchev–Trinajstić information content (AvgIpc) is 2.86. The summed E-state index contributed by atoms with van der Waals surface area (Å²) in [4.78, 5) is 30.3. The largest absolute Gasteiger partial charge is 0.488 e. The molecule has 0 saturated heterocycles. The number of likely N-dealkylation sites (N-methyl/N-ethyl adjacent to an activating group) is 1. The summed E-state index contributed by atoms with van der Waals surface area (Å²) in [5, 5.41) is 18.9. The Morgan fingerprint density at radius 2 is 1.86 bits per heavy atom. The molecule has 0 radical (unpaired) electrons. The molecule has 1 amide bonds. The van der Waals surface area contributed by atoms with Crippen LogP contribution in [0.25, 0.3) is 0 Å². The van der Waals surface area contributed by atoms with Crippen molar-refractivity contribution in [1.29, 1.82) is 0 Å². The minimum Gasteiger partial charge on any atom is -0.488 e. The molecule has 0 aromatic heterocycles. The topological polar surface area (TPSA) is 93.6 Å². The summed E-state index contributed by atoms with van der Waals surface area (Å²) in [6.07, 6.45) is 0.0218. The number of nitrogens with zero attached hydrogens (tertiary/aromatic N) is 3. The molecule has 0 fully saturated rings. The number of carboxylic acid groups (broad SMARTS) is 1. The van der Waals surface area contributed by atoms with E-state index >= 15 is 0 Å². The van der Waals surface area contributed by atoms with E-state index in [0.29, 0.717) is 25.4 Å². The molecular weight excluding hydrogens is 446 g/mol. The third-order valence-corrected chi connectivity index (χ3v) is 6.56. The maximum absolute atomic E-state index is 13.2. The third kappa shape index (κ3) is 6.74. The molecule has 3 atom stereocenters. The lowest BCUT2D eigenvalue weighted by Gasteiger charge is -2.34. The lowest BCUT2D eigenvalue weighted by atomic mass is 10.0. The van der Waals surface area contributed by atoms with E-state index in [1.807, 2.05) is 63.3 Å². The van der Waals surface area contributed by atoms with Crippen LogP contribution in [0.4, 0.5) is 5.69 Å². The van der Waals surface area contributed by atoms with E-state index in [4.69, 9.17) is 9.84 Å². The van der Waals surface area contributed by atoms with E-state index in [-0.39, 0.29) is 42.6 Å². The Kier molecular flexibility index (Phi) is 8.75. The van der Waals surface area contributed by atoms with Crippen molar-refractivity contribution in [1.82, 2.24) is 9.80 Å². The molecule has 8 nitrogen and oxygen atoms in total. The highest BCUT2D eigenvalue weighted by Crippen LogP contribution is 2.30. The number of carbonyl (C=O) groups excluding carboxylic acids is 1. The summed E-state index contributed by atoms with van der Waals surface area (Å²) in [5.41, 5.74) is 3.10. The molecule has 1 heterocycles. The molecular formula is C27H37N3O5. The fraction of sp³-hybridized carbons (Fsp3) is 0.481. The van der Waals surface area contributed by atoms with Crippen LogP contribution in [-0.4, -0.2) is 84.9 Å². The first-order chi connectivity index (χ1) is 16.6. The summed E-state index contributed by atoms with van der Waals surface area (Å²) < 4.78 is 6.55. The third-order valence-electron chi connectivity index (χ3n) is 6.56. The van der Waals surface area contributed by atoms with Crippen LogP contribution in [0.15, 0.2) is 42.5 Å². The number of aliphatic hydroxyl groups excluding tert-OH is 1. The predicted octanol–water partition coefficient (Wildman–Crippen LogP) is 2.73. The molecule has 0 aliphatic carbocycles. The van der Waals surface area contributed by atoms with Crippen LogP contribution in [0, 0.1) is 5.92 Å². The lowest BCUT2D eigenvalue weighted by molar-refractivity contribution is -0.134. The van der Waals surface area contributed by atoms with Gasteiger partial charge in [0.15, 0.2) is 0 Å². The van der Waals surface area contributed by atoms with Crippen LogP contribution in [0.2, 0.25) is 0 Å². The van der Waals surface area contributed by atoms with Crippen molar-refractivity contribution in [3.63, 3.8) is 0 Å². The summed E-state index contributed by atoms with van der Waals surface area (Å²) in [6, 6.07) is 12.5. The van der Waals surface area contributed by atoms with Crippen LogP contribution in [0.3, 0.4) is 0 Å². The molecule has 0 saturated carbocycles. The number of aliphatic hydroxyl groups is 1. The maximum Gasteiger partial charge on any atom is 0.335 e. The summed E-state index contributed by atoms with van der Waals surface area (Å²) in [6.45, 7) is 5.58. The van der Waals surface area contributed by atoms with Crippen molar-refractivity contribution < 1.29 is 24.5 Å². The smallest absolute Gasteiger partial charge is 0.335 e. The standard InChI is InChI=1S/C27H37N3O5/c1-18-14-30(19(2)17-31)26(32)13-22-12-23(28(3)4)10-11-24(22)35-25(18)16-29(5)15-20-6-8-21(9-7-20)27(33)34/h6-12,18-19,25,31H,13-17H2,1-5H3,(H,33,34)/t18-,19+,25+/m1/s1. The zero-order chi connectivity index (χ0) is 25.7. The van der Waals surface area contributed by atoms with Gasteiger partial charge >= 0.3 is 5.97 Å². The molecule has 8 heteroatoms. The van der Waals surface area contributed by atoms with Crippen molar-refractivity contribution >= 4 is 17.6 Å². The van der Waals surface area contributed by atoms with Crippen LogP contribution in [0.5, 0.6) is 5.75 Å².